The minimum absolute atomic E-state index is 0.125. The summed E-state index contributed by atoms with van der Waals surface area (Å²) < 4.78 is 12.9. The van der Waals surface area contributed by atoms with Gasteiger partial charge in [0.1, 0.15) is 0 Å². The lowest BCUT2D eigenvalue weighted by molar-refractivity contribution is 0.0989. The summed E-state index contributed by atoms with van der Waals surface area (Å²) in [6, 6.07) is 17.7. The molecule has 6 heteroatoms. The van der Waals surface area contributed by atoms with Crippen molar-refractivity contribution in [1.82, 2.24) is 9.80 Å². The maximum atomic E-state index is 13.2. The highest BCUT2D eigenvalue weighted by atomic mass is 32.2. The first-order valence-electron chi connectivity index (χ1n) is 10.8. The van der Waals surface area contributed by atoms with E-state index in [9.17, 15) is 8.68 Å². The number of halogens is 1. The van der Waals surface area contributed by atoms with E-state index in [2.05, 4.69) is 36.2 Å². The normalized spacial score (nSPS) is 16.2. The quantitative estimate of drug-likeness (QED) is 0.531. The average Bonchev–Trinajstić information content (AvgIpc) is 2.78. The summed E-state index contributed by atoms with van der Waals surface area (Å²) in [6.07, 6.45) is 4.34. The van der Waals surface area contributed by atoms with Crippen LogP contribution >= 0.6 is 12.1 Å². The highest BCUT2D eigenvalue weighted by Gasteiger charge is 2.29. The van der Waals surface area contributed by atoms with Crippen molar-refractivity contribution in [2.45, 2.75) is 63.1 Å². The molecule has 162 valence electrons. The van der Waals surface area contributed by atoms with Gasteiger partial charge in [-0.1, -0.05) is 49.7 Å². The molecule has 0 saturated carbocycles. The van der Waals surface area contributed by atoms with Gasteiger partial charge in [0.25, 0.3) is 0 Å². The standard InChI is InChI=1S/C24H32FN3OS/c1-3-8-19(2)27-15-13-22(14-16-27)28(18-20-9-5-4-6-10-20)24(29)26-21-11-7-12-23(17-21)30-25/h4-7,9-12,17,19,22H,3,8,13-16,18H2,1-2H3,(H,26,29). The van der Waals surface area contributed by atoms with Gasteiger partial charge in [-0.25, -0.2) is 4.79 Å². The fourth-order valence-electron chi connectivity index (χ4n) is 4.20. The third-order valence-electron chi connectivity index (χ3n) is 5.90. The van der Waals surface area contributed by atoms with E-state index in [-0.39, 0.29) is 24.2 Å². The van der Waals surface area contributed by atoms with Gasteiger partial charge < -0.3 is 15.1 Å². The predicted octanol–water partition coefficient (Wildman–Crippen LogP) is 6.35. The van der Waals surface area contributed by atoms with Crippen LogP contribution in [0.15, 0.2) is 59.5 Å². The van der Waals surface area contributed by atoms with Gasteiger partial charge in [-0.3, -0.25) is 0 Å². The lowest BCUT2D eigenvalue weighted by atomic mass is 10.00. The molecule has 1 heterocycles. The van der Waals surface area contributed by atoms with Crippen LogP contribution in [0.1, 0.15) is 45.1 Å². The Morgan fingerprint density at radius 3 is 2.60 bits per heavy atom. The number of urea groups is 1. The Bertz CT molecular complexity index is 796. The molecule has 0 bridgehead atoms. The molecule has 2 amide bonds. The number of rotatable bonds is 8. The number of amides is 2. The minimum atomic E-state index is -0.125. The number of likely N-dealkylation sites (tertiary alicyclic amines) is 1. The lowest BCUT2D eigenvalue weighted by Gasteiger charge is -2.40. The van der Waals surface area contributed by atoms with Crippen molar-refractivity contribution in [3.63, 3.8) is 0 Å². The first-order chi connectivity index (χ1) is 14.6. The van der Waals surface area contributed by atoms with Crippen LogP contribution in [0.3, 0.4) is 0 Å². The van der Waals surface area contributed by atoms with Crippen LogP contribution in [0.5, 0.6) is 0 Å². The van der Waals surface area contributed by atoms with Gasteiger partial charge in [-0.15, -0.1) is 0 Å². The Balaban J connectivity index is 1.71. The highest BCUT2D eigenvalue weighted by Crippen LogP contribution is 2.25. The second-order valence-electron chi connectivity index (χ2n) is 8.05. The van der Waals surface area contributed by atoms with Crippen molar-refractivity contribution in [3.05, 3.63) is 60.2 Å². The molecule has 0 aliphatic carbocycles. The number of hydrogen-bond acceptors (Lipinski definition) is 3. The van der Waals surface area contributed by atoms with E-state index in [0.717, 1.165) is 31.5 Å². The lowest BCUT2D eigenvalue weighted by Crippen LogP contribution is -2.50. The second-order valence-corrected chi connectivity index (χ2v) is 8.68. The maximum absolute atomic E-state index is 13.2. The molecule has 1 unspecified atom stereocenters. The summed E-state index contributed by atoms with van der Waals surface area (Å²) in [7, 11) is 0. The largest absolute Gasteiger partial charge is 0.322 e. The Morgan fingerprint density at radius 1 is 1.20 bits per heavy atom. The van der Waals surface area contributed by atoms with E-state index in [1.165, 1.54) is 12.8 Å². The molecule has 0 radical (unpaired) electrons. The zero-order valence-corrected chi connectivity index (χ0v) is 18.7. The number of hydrogen-bond donors (Lipinski definition) is 1. The van der Waals surface area contributed by atoms with Crippen molar-refractivity contribution in [3.8, 4) is 0 Å². The molecular weight excluding hydrogens is 397 g/mol. The maximum Gasteiger partial charge on any atom is 0.322 e. The van der Waals surface area contributed by atoms with Gasteiger partial charge in [-0.2, -0.15) is 3.89 Å². The molecule has 1 fully saturated rings. The first-order valence-corrected chi connectivity index (χ1v) is 11.6. The topological polar surface area (TPSA) is 35.6 Å². The van der Waals surface area contributed by atoms with Crippen molar-refractivity contribution in [2.75, 3.05) is 18.4 Å². The molecule has 30 heavy (non-hydrogen) atoms. The number of carbonyl (C=O) groups is 1. The highest BCUT2D eigenvalue weighted by molar-refractivity contribution is 7.94. The molecule has 1 saturated heterocycles. The monoisotopic (exact) mass is 429 g/mol. The van der Waals surface area contributed by atoms with Crippen LogP contribution in [0.2, 0.25) is 0 Å². The molecule has 0 aromatic heterocycles. The third kappa shape index (κ3) is 6.22. The Morgan fingerprint density at radius 2 is 1.93 bits per heavy atom. The van der Waals surface area contributed by atoms with Crippen LogP contribution in [-0.2, 0) is 6.54 Å². The van der Waals surface area contributed by atoms with Crippen molar-refractivity contribution < 1.29 is 8.68 Å². The van der Waals surface area contributed by atoms with Gasteiger partial charge in [0.15, 0.2) is 0 Å². The van der Waals surface area contributed by atoms with Crippen LogP contribution in [0.4, 0.5) is 14.4 Å². The summed E-state index contributed by atoms with van der Waals surface area (Å²) in [5.74, 6) is 0. The number of carbonyl (C=O) groups excluding carboxylic acids is 1. The zero-order chi connectivity index (χ0) is 21.3. The molecule has 4 nitrogen and oxygen atoms in total. The van der Waals surface area contributed by atoms with E-state index < -0.39 is 0 Å². The Hall–Kier alpha value is -2.05. The molecule has 0 spiro atoms. The SMILES string of the molecule is CCCC(C)N1CCC(N(Cc2ccccc2)C(=O)Nc2cccc(SF)c2)CC1. The summed E-state index contributed by atoms with van der Waals surface area (Å²) in [6.45, 7) is 7.12. The van der Waals surface area contributed by atoms with E-state index in [1.807, 2.05) is 23.1 Å². The Labute approximate surface area is 184 Å². The smallest absolute Gasteiger partial charge is 0.317 e. The molecule has 1 aliphatic heterocycles. The molecule has 3 rings (SSSR count). The third-order valence-corrected chi connectivity index (χ3v) is 6.33. The van der Waals surface area contributed by atoms with E-state index in [4.69, 9.17) is 0 Å². The van der Waals surface area contributed by atoms with Gasteiger partial charge in [-0.05, 0) is 49.9 Å². The second kappa shape index (κ2) is 11.4. The number of piperidine rings is 1. The molecular formula is C24H32FN3OS. The van der Waals surface area contributed by atoms with Crippen LogP contribution in [-0.4, -0.2) is 41.0 Å². The zero-order valence-electron chi connectivity index (χ0n) is 17.9. The average molecular weight is 430 g/mol. The van der Waals surface area contributed by atoms with Crippen LogP contribution < -0.4 is 5.32 Å². The van der Waals surface area contributed by atoms with E-state index in [1.54, 1.807) is 24.3 Å². The van der Waals surface area contributed by atoms with Crippen molar-refractivity contribution in [2.24, 2.45) is 0 Å². The van der Waals surface area contributed by atoms with E-state index >= 15 is 0 Å². The summed E-state index contributed by atoms with van der Waals surface area (Å²) in [4.78, 5) is 18.2. The van der Waals surface area contributed by atoms with Crippen LogP contribution in [0, 0.1) is 0 Å². The Kier molecular flexibility index (Phi) is 8.58. The molecule has 1 aliphatic rings. The fraction of sp³-hybridized carbons (Fsp3) is 0.458. The van der Waals surface area contributed by atoms with Gasteiger partial charge in [0.05, 0.1) is 12.1 Å². The van der Waals surface area contributed by atoms with Crippen LogP contribution in [0.25, 0.3) is 0 Å². The first kappa shape index (κ1) is 22.6. The summed E-state index contributed by atoms with van der Waals surface area (Å²) in [5.41, 5.74) is 1.73. The van der Waals surface area contributed by atoms with E-state index in [0.29, 0.717) is 23.2 Å². The fourth-order valence-corrected chi connectivity index (χ4v) is 4.50. The van der Waals surface area contributed by atoms with Crippen molar-refractivity contribution >= 4 is 23.9 Å². The van der Waals surface area contributed by atoms with Gasteiger partial charge in [0.2, 0.25) is 0 Å². The number of benzene rings is 2. The number of nitrogens with one attached hydrogen (secondary N) is 1. The molecule has 2 aromatic carbocycles. The van der Waals surface area contributed by atoms with Gasteiger partial charge >= 0.3 is 6.03 Å². The van der Waals surface area contributed by atoms with Gasteiger partial charge in [0, 0.05) is 42.3 Å². The minimum Gasteiger partial charge on any atom is -0.317 e. The summed E-state index contributed by atoms with van der Waals surface area (Å²) >= 11 is 0.186. The molecule has 1 atom stereocenters. The van der Waals surface area contributed by atoms with Crippen molar-refractivity contribution in [1.29, 1.82) is 0 Å². The number of nitrogens with zero attached hydrogens (tertiary/aromatic N) is 2. The number of anilines is 1. The molecule has 1 N–H and O–H groups in total. The molecule has 2 aromatic rings. The summed E-state index contributed by atoms with van der Waals surface area (Å²) in [5, 5.41) is 2.98. The predicted molar refractivity (Wildman–Crippen MR) is 123 cm³/mol.